The Morgan fingerprint density at radius 1 is 1.13 bits per heavy atom. The maximum absolute atomic E-state index is 10.6. The van der Waals surface area contributed by atoms with Crippen LogP contribution in [0.3, 0.4) is 0 Å². The Bertz CT molecular complexity index is 646. The lowest BCUT2D eigenvalue weighted by molar-refractivity contribution is -0.131. The zero-order valence-corrected chi connectivity index (χ0v) is 14.9. The number of rotatable bonds is 7. The molecule has 0 bridgehead atoms. The van der Waals surface area contributed by atoms with Gasteiger partial charge in [0, 0.05) is 6.08 Å². The average molecular weight is 312 g/mol. The molecule has 0 atom stereocenters. The highest BCUT2D eigenvalue weighted by Gasteiger charge is 2.08. The number of hydrogen-bond acceptors (Lipinski definition) is 1. The first-order valence-corrected chi connectivity index (χ1v) is 8.34. The minimum atomic E-state index is -0.912. The summed E-state index contributed by atoms with van der Waals surface area (Å²) >= 11 is 0. The molecule has 1 aromatic rings. The van der Waals surface area contributed by atoms with Crippen molar-refractivity contribution >= 4 is 11.5 Å². The van der Waals surface area contributed by atoms with Crippen molar-refractivity contribution < 1.29 is 9.90 Å². The van der Waals surface area contributed by atoms with Crippen LogP contribution in [0.1, 0.15) is 56.4 Å². The van der Waals surface area contributed by atoms with Crippen LogP contribution < -0.4 is 0 Å². The maximum Gasteiger partial charge on any atom is 0.328 e. The molecule has 1 N–H and O–H groups in total. The molecule has 2 heteroatoms. The molecule has 0 aromatic heterocycles. The van der Waals surface area contributed by atoms with E-state index in [-0.39, 0.29) is 0 Å². The average Bonchev–Trinajstić information content (AvgIpc) is 2.51. The number of carboxylic acid groups (broad SMARTS) is 1. The lowest BCUT2D eigenvalue weighted by atomic mass is 9.91. The van der Waals surface area contributed by atoms with E-state index in [2.05, 4.69) is 45.9 Å². The van der Waals surface area contributed by atoms with Crippen molar-refractivity contribution in [2.75, 3.05) is 0 Å². The van der Waals surface area contributed by atoms with Crippen LogP contribution in [0.5, 0.6) is 0 Å². The van der Waals surface area contributed by atoms with Gasteiger partial charge in [0.1, 0.15) is 0 Å². The molecule has 0 unspecified atom stereocenters. The minimum absolute atomic E-state index is 0.733. The zero-order chi connectivity index (χ0) is 17.4. The molecule has 1 rings (SSSR count). The number of carboxylic acids is 1. The Kier molecular flexibility index (Phi) is 7.53. The van der Waals surface area contributed by atoms with Gasteiger partial charge in [-0.25, -0.2) is 4.79 Å². The van der Waals surface area contributed by atoms with Crippen LogP contribution in [0.4, 0.5) is 0 Å². The van der Waals surface area contributed by atoms with Gasteiger partial charge in [0.15, 0.2) is 0 Å². The summed E-state index contributed by atoms with van der Waals surface area (Å²) in [5.74, 6) is -0.912. The molecular weight excluding hydrogens is 284 g/mol. The quantitative estimate of drug-likeness (QED) is 0.533. The van der Waals surface area contributed by atoms with Gasteiger partial charge in [0.2, 0.25) is 0 Å². The summed E-state index contributed by atoms with van der Waals surface area (Å²) in [7, 11) is 0. The number of benzene rings is 1. The molecule has 124 valence electrons. The molecule has 0 spiro atoms. The molecule has 0 aliphatic rings. The number of allylic oxidation sites excluding steroid dienone is 5. The molecule has 0 radical (unpaired) electrons. The molecule has 0 fully saturated rings. The van der Waals surface area contributed by atoms with Crippen LogP contribution in [-0.4, -0.2) is 11.1 Å². The van der Waals surface area contributed by atoms with Gasteiger partial charge in [-0.15, -0.1) is 0 Å². The number of aliphatic carboxylic acids is 1. The van der Waals surface area contributed by atoms with Crippen LogP contribution in [0.2, 0.25) is 0 Å². The predicted octanol–water partition coefficient (Wildman–Crippen LogP) is 5.50. The Morgan fingerprint density at radius 2 is 1.74 bits per heavy atom. The van der Waals surface area contributed by atoms with E-state index in [1.165, 1.54) is 33.9 Å². The third-order valence-electron chi connectivity index (χ3n) is 4.04. The first-order chi connectivity index (χ1) is 10.9. The summed E-state index contributed by atoms with van der Waals surface area (Å²) in [5.41, 5.74) is 7.46. The lowest BCUT2D eigenvalue weighted by Crippen LogP contribution is -1.97. The largest absolute Gasteiger partial charge is 0.478 e. The predicted molar refractivity (Wildman–Crippen MR) is 98.7 cm³/mol. The standard InChI is InChI=1S/C21H28O2/c1-6-17(11-9-10-15(4)12-21(22)23)20-14-19(8-3)18(7-2)13-16(20)5/h9-14H,6-8H2,1-5H3,(H,22,23)/b10-9+,15-12+,17-11+. The van der Waals surface area contributed by atoms with E-state index in [0.717, 1.165) is 24.8 Å². The third kappa shape index (κ3) is 5.55. The van der Waals surface area contributed by atoms with Crippen LogP contribution in [0.15, 0.2) is 42.0 Å². The highest BCUT2D eigenvalue weighted by atomic mass is 16.4. The maximum atomic E-state index is 10.6. The Balaban J connectivity index is 3.17. The monoisotopic (exact) mass is 312 g/mol. The topological polar surface area (TPSA) is 37.3 Å². The van der Waals surface area contributed by atoms with Crippen molar-refractivity contribution in [3.8, 4) is 0 Å². The van der Waals surface area contributed by atoms with Crippen molar-refractivity contribution in [2.24, 2.45) is 0 Å². The normalized spacial score (nSPS) is 12.9. The van der Waals surface area contributed by atoms with Crippen molar-refractivity contribution in [1.29, 1.82) is 0 Å². The fourth-order valence-electron chi connectivity index (χ4n) is 2.77. The summed E-state index contributed by atoms with van der Waals surface area (Å²) in [6, 6.07) is 4.62. The van der Waals surface area contributed by atoms with E-state index in [1.54, 1.807) is 6.92 Å². The molecule has 23 heavy (non-hydrogen) atoms. The molecule has 0 saturated heterocycles. The van der Waals surface area contributed by atoms with Gasteiger partial charge in [0.25, 0.3) is 0 Å². The summed E-state index contributed by atoms with van der Waals surface area (Å²) in [6.45, 7) is 10.5. The molecule has 1 aromatic carbocycles. The molecule has 2 nitrogen and oxygen atoms in total. The highest BCUT2D eigenvalue weighted by molar-refractivity contribution is 5.81. The second-order valence-corrected chi connectivity index (χ2v) is 5.77. The second kappa shape index (κ2) is 9.14. The number of hydrogen-bond donors (Lipinski definition) is 1. The van der Waals surface area contributed by atoms with Gasteiger partial charge >= 0.3 is 5.97 Å². The van der Waals surface area contributed by atoms with Crippen LogP contribution in [0.25, 0.3) is 5.57 Å². The van der Waals surface area contributed by atoms with E-state index in [9.17, 15) is 4.79 Å². The second-order valence-electron chi connectivity index (χ2n) is 5.77. The van der Waals surface area contributed by atoms with Gasteiger partial charge in [-0.2, -0.15) is 0 Å². The first-order valence-electron chi connectivity index (χ1n) is 8.34. The lowest BCUT2D eigenvalue weighted by Gasteiger charge is -2.14. The summed E-state index contributed by atoms with van der Waals surface area (Å²) in [6.07, 6.45) is 10.1. The Hall–Kier alpha value is -2.09. The van der Waals surface area contributed by atoms with E-state index in [1.807, 2.05) is 12.2 Å². The van der Waals surface area contributed by atoms with Crippen LogP contribution >= 0.6 is 0 Å². The van der Waals surface area contributed by atoms with Gasteiger partial charge in [0.05, 0.1) is 0 Å². The molecule has 0 amide bonds. The van der Waals surface area contributed by atoms with Crippen molar-refractivity contribution in [3.63, 3.8) is 0 Å². The fraction of sp³-hybridized carbons (Fsp3) is 0.381. The van der Waals surface area contributed by atoms with E-state index >= 15 is 0 Å². The Labute approximate surface area is 140 Å². The third-order valence-corrected chi connectivity index (χ3v) is 4.04. The summed E-state index contributed by atoms with van der Waals surface area (Å²) in [4.78, 5) is 10.6. The Morgan fingerprint density at radius 3 is 2.26 bits per heavy atom. The summed E-state index contributed by atoms with van der Waals surface area (Å²) in [5, 5.41) is 8.73. The van der Waals surface area contributed by atoms with Crippen molar-refractivity contribution in [3.05, 3.63) is 64.3 Å². The van der Waals surface area contributed by atoms with Gasteiger partial charge < -0.3 is 5.11 Å². The highest BCUT2D eigenvalue weighted by Crippen LogP contribution is 2.26. The van der Waals surface area contributed by atoms with E-state index in [0.29, 0.717) is 0 Å². The minimum Gasteiger partial charge on any atom is -0.478 e. The first kappa shape index (κ1) is 19.0. The molecule has 0 heterocycles. The van der Waals surface area contributed by atoms with E-state index < -0.39 is 5.97 Å². The summed E-state index contributed by atoms with van der Waals surface area (Å²) < 4.78 is 0. The number of carbonyl (C=O) groups is 1. The molecule has 0 saturated carbocycles. The van der Waals surface area contributed by atoms with Crippen LogP contribution in [-0.2, 0) is 17.6 Å². The smallest absolute Gasteiger partial charge is 0.328 e. The van der Waals surface area contributed by atoms with Gasteiger partial charge in [-0.05, 0) is 66.5 Å². The molecular formula is C21H28O2. The van der Waals surface area contributed by atoms with E-state index in [4.69, 9.17) is 5.11 Å². The van der Waals surface area contributed by atoms with Crippen molar-refractivity contribution in [1.82, 2.24) is 0 Å². The molecule has 0 aliphatic heterocycles. The number of aryl methyl sites for hydroxylation is 3. The molecule has 0 aliphatic carbocycles. The zero-order valence-electron chi connectivity index (χ0n) is 14.9. The SMILES string of the molecule is CC\C(=C/C=C/C(C)=C/C(=O)O)c1cc(CC)c(CC)cc1C. The van der Waals surface area contributed by atoms with Gasteiger partial charge in [-0.3, -0.25) is 0 Å². The fourth-order valence-corrected chi connectivity index (χ4v) is 2.77. The van der Waals surface area contributed by atoms with Gasteiger partial charge in [-0.1, -0.05) is 51.1 Å². The van der Waals surface area contributed by atoms with Crippen LogP contribution in [0, 0.1) is 6.92 Å². The van der Waals surface area contributed by atoms with Crippen molar-refractivity contribution in [2.45, 2.75) is 53.9 Å².